The zero-order chi connectivity index (χ0) is 21.2. The van der Waals surface area contributed by atoms with Gasteiger partial charge in [-0.1, -0.05) is 92.0 Å². The van der Waals surface area contributed by atoms with Gasteiger partial charge in [0.1, 0.15) is 11.6 Å². The lowest BCUT2D eigenvalue weighted by Crippen LogP contribution is -2.12. The molecule has 27 heavy (non-hydrogen) atoms. The zero-order valence-corrected chi connectivity index (χ0v) is 18.1. The third-order valence-corrected chi connectivity index (χ3v) is 4.38. The molecule has 1 aromatic rings. The lowest BCUT2D eigenvalue weighted by atomic mass is 9.82. The number of allylic oxidation sites excluding steroid dienone is 4. The lowest BCUT2D eigenvalue weighted by molar-refractivity contribution is 0.277. The molecule has 154 valence electrons. The molecule has 0 aromatic heterocycles. The Balaban J connectivity index is 0. The highest BCUT2D eigenvalue weighted by Gasteiger charge is 2.15. The van der Waals surface area contributed by atoms with Crippen LogP contribution in [0.5, 0.6) is 5.75 Å². The van der Waals surface area contributed by atoms with Crippen molar-refractivity contribution in [1.82, 2.24) is 0 Å². The van der Waals surface area contributed by atoms with Crippen LogP contribution < -0.4 is 5.73 Å². The molecule has 1 fully saturated rings. The van der Waals surface area contributed by atoms with E-state index in [2.05, 4.69) is 20.4 Å². The molecule has 1 aliphatic carbocycles. The first-order chi connectivity index (χ1) is 12.9. The lowest BCUT2D eigenvalue weighted by Gasteiger charge is -2.24. The van der Waals surface area contributed by atoms with Crippen LogP contribution in [0.15, 0.2) is 55.0 Å². The van der Waals surface area contributed by atoms with E-state index < -0.39 is 5.83 Å². The van der Waals surface area contributed by atoms with Crippen LogP contribution >= 0.6 is 0 Å². The highest BCUT2D eigenvalue weighted by molar-refractivity contribution is 5.72. The van der Waals surface area contributed by atoms with E-state index in [1.165, 1.54) is 37.8 Å². The molecule has 0 spiro atoms. The van der Waals surface area contributed by atoms with Crippen molar-refractivity contribution in [2.24, 2.45) is 17.6 Å². The normalized spacial score (nSPS) is 18.9. The third kappa shape index (κ3) is 12.9. The van der Waals surface area contributed by atoms with Gasteiger partial charge in [-0.15, -0.1) is 0 Å². The van der Waals surface area contributed by atoms with Crippen molar-refractivity contribution >= 4 is 5.57 Å². The molecule has 0 heterocycles. The van der Waals surface area contributed by atoms with Crippen LogP contribution in [0.4, 0.5) is 4.39 Å². The molecule has 1 saturated carbocycles. The Morgan fingerprint density at radius 1 is 1.00 bits per heavy atom. The smallest absolute Gasteiger partial charge is 0.138 e. The summed E-state index contributed by atoms with van der Waals surface area (Å²) in [4.78, 5) is 0. The van der Waals surface area contributed by atoms with Crippen molar-refractivity contribution in [3.63, 3.8) is 0 Å². The predicted molar refractivity (Wildman–Crippen MR) is 119 cm³/mol. The highest BCUT2D eigenvalue weighted by Crippen LogP contribution is 2.28. The second-order valence-electron chi connectivity index (χ2n) is 6.20. The summed E-state index contributed by atoms with van der Waals surface area (Å²) < 4.78 is 12.6. The fraction of sp³-hybridized carbons (Fsp3) is 0.500. The van der Waals surface area contributed by atoms with Gasteiger partial charge in [0.15, 0.2) is 0 Å². The molecular weight excluding hydrogens is 337 g/mol. The van der Waals surface area contributed by atoms with Crippen molar-refractivity contribution < 1.29 is 9.50 Å². The topological polar surface area (TPSA) is 46.2 Å². The van der Waals surface area contributed by atoms with Crippen molar-refractivity contribution in [2.45, 2.75) is 67.2 Å². The number of hydrogen-bond donors (Lipinski definition) is 2. The van der Waals surface area contributed by atoms with E-state index >= 15 is 0 Å². The fourth-order valence-corrected chi connectivity index (χ4v) is 2.51. The van der Waals surface area contributed by atoms with Gasteiger partial charge in [-0.2, -0.15) is 0 Å². The van der Waals surface area contributed by atoms with Crippen molar-refractivity contribution in [3.05, 3.63) is 60.6 Å². The van der Waals surface area contributed by atoms with E-state index in [9.17, 15) is 4.39 Å². The van der Waals surface area contributed by atoms with Crippen LogP contribution in [0.2, 0.25) is 0 Å². The fourth-order valence-electron chi connectivity index (χ4n) is 2.51. The molecular formula is C24H40FNO. The standard InChI is InChI=1S/C12H12FNO.C8H16.2C2H6/c1-9(2-5-11(13)8-14)10-3-6-12(15)7-4-10;1-7-5-3-4-6-8(7)2;2*1-2/h2-8,15H,1,14H2;7-8H,3-6H2,1-2H3;2*1-2H3/b5-2-,11-8+;;;/t;7-,8?;;/m.0../s1. The summed E-state index contributed by atoms with van der Waals surface area (Å²) in [7, 11) is 0. The van der Waals surface area contributed by atoms with Crippen LogP contribution in [0.25, 0.3) is 5.57 Å². The van der Waals surface area contributed by atoms with E-state index in [1.807, 2.05) is 27.7 Å². The summed E-state index contributed by atoms with van der Waals surface area (Å²) in [5.41, 5.74) is 6.42. The maximum atomic E-state index is 12.6. The summed E-state index contributed by atoms with van der Waals surface area (Å²) in [5.74, 6) is 1.67. The van der Waals surface area contributed by atoms with Crippen molar-refractivity contribution in [3.8, 4) is 5.75 Å². The van der Waals surface area contributed by atoms with E-state index in [0.717, 1.165) is 23.6 Å². The minimum Gasteiger partial charge on any atom is -0.508 e. The first-order valence-corrected chi connectivity index (χ1v) is 10.2. The van der Waals surface area contributed by atoms with Gasteiger partial charge in [-0.25, -0.2) is 4.39 Å². The largest absolute Gasteiger partial charge is 0.508 e. The van der Waals surface area contributed by atoms with Crippen LogP contribution in [0.1, 0.15) is 72.8 Å². The Morgan fingerprint density at radius 2 is 1.44 bits per heavy atom. The van der Waals surface area contributed by atoms with Gasteiger partial charge in [0, 0.05) is 6.20 Å². The Kier molecular flexibility index (Phi) is 17.5. The van der Waals surface area contributed by atoms with Crippen LogP contribution in [-0.2, 0) is 0 Å². The first kappa shape index (κ1) is 27.2. The number of hydrogen-bond acceptors (Lipinski definition) is 2. The molecule has 3 N–H and O–H groups in total. The minimum atomic E-state index is -0.519. The molecule has 0 bridgehead atoms. The maximum absolute atomic E-state index is 12.6. The van der Waals surface area contributed by atoms with Gasteiger partial charge in [-0.05, 0) is 41.2 Å². The average molecular weight is 378 g/mol. The van der Waals surface area contributed by atoms with Gasteiger partial charge in [0.2, 0.25) is 0 Å². The second-order valence-corrected chi connectivity index (χ2v) is 6.20. The number of nitrogens with two attached hydrogens (primary N) is 1. The number of halogens is 1. The maximum Gasteiger partial charge on any atom is 0.138 e. The molecule has 3 heteroatoms. The molecule has 1 aliphatic rings. The molecule has 2 atom stereocenters. The minimum absolute atomic E-state index is 0.184. The van der Waals surface area contributed by atoms with Crippen molar-refractivity contribution in [2.75, 3.05) is 0 Å². The second kappa shape index (κ2) is 17.4. The van der Waals surface area contributed by atoms with E-state index in [4.69, 9.17) is 10.8 Å². The molecule has 2 nitrogen and oxygen atoms in total. The summed E-state index contributed by atoms with van der Waals surface area (Å²) in [6.45, 7) is 16.5. The highest BCUT2D eigenvalue weighted by atomic mass is 19.1. The van der Waals surface area contributed by atoms with Crippen molar-refractivity contribution in [1.29, 1.82) is 0 Å². The Bertz CT molecular complexity index is 536. The molecule has 0 radical (unpaired) electrons. The predicted octanol–water partition coefficient (Wildman–Crippen LogP) is 7.62. The van der Waals surface area contributed by atoms with E-state index in [-0.39, 0.29) is 5.75 Å². The van der Waals surface area contributed by atoms with Crippen LogP contribution in [0.3, 0.4) is 0 Å². The quantitative estimate of drug-likeness (QED) is 0.532. The number of phenolic OH excluding ortho intramolecular Hbond substituents is 1. The molecule has 0 amide bonds. The average Bonchev–Trinajstić information content (AvgIpc) is 2.72. The van der Waals surface area contributed by atoms with Gasteiger partial charge in [0.05, 0.1) is 0 Å². The van der Waals surface area contributed by atoms with E-state index in [0.29, 0.717) is 5.57 Å². The summed E-state index contributed by atoms with van der Waals surface area (Å²) in [6, 6.07) is 6.49. The summed E-state index contributed by atoms with van der Waals surface area (Å²) >= 11 is 0. The summed E-state index contributed by atoms with van der Waals surface area (Å²) in [6.07, 6.45) is 9.53. The van der Waals surface area contributed by atoms with Gasteiger partial charge in [-0.3, -0.25) is 0 Å². The van der Waals surface area contributed by atoms with Crippen LogP contribution in [0, 0.1) is 11.8 Å². The SMILES string of the molecule is C=C(/C=C\C(F)=C/N)c1ccc(O)cc1.CC.CC.CC1CCCC[C@@H]1C. The molecule has 2 rings (SSSR count). The van der Waals surface area contributed by atoms with Gasteiger partial charge in [0.25, 0.3) is 0 Å². The number of benzene rings is 1. The monoisotopic (exact) mass is 377 g/mol. The van der Waals surface area contributed by atoms with E-state index in [1.54, 1.807) is 24.3 Å². The van der Waals surface area contributed by atoms with Crippen LogP contribution in [-0.4, -0.2) is 5.11 Å². The Morgan fingerprint density at radius 3 is 1.81 bits per heavy atom. The number of rotatable bonds is 3. The summed E-state index contributed by atoms with van der Waals surface area (Å²) in [5, 5.41) is 9.06. The molecule has 0 saturated heterocycles. The van der Waals surface area contributed by atoms with Gasteiger partial charge < -0.3 is 10.8 Å². The number of phenols is 1. The molecule has 0 aliphatic heterocycles. The Hall–Kier alpha value is -2.03. The molecule has 1 unspecified atom stereocenters. The first-order valence-electron chi connectivity index (χ1n) is 10.2. The number of aromatic hydroxyl groups is 1. The third-order valence-electron chi connectivity index (χ3n) is 4.38. The molecule has 1 aromatic carbocycles. The Labute approximate surface area is 166 Å². The zero-order valence-electron chi connectivity index (χ0n) is 18.1. The van der Waals surface area contributed by atoms with Gasteiger partial charge >= 0.3 is 0 Å².